The van der Waals surface area contributed by atoms with Crippen LogP contribution in [0.25, 0.3) is 6.08 Å². The van der Waals surface area contributed by atoms with Gasteiger partial charge in [-0.2, -0.15) is 0 Å². The summed E-state index contributed by atoms with van der Waals surface area (Å²) >= 11 is 0. The van der Waals surface area contributed by atoms with E-state index in [2.05, 4.69) is 5.32 Å². The van der Waals surface area contributed by atoms with Crippen molar-refractivity contribution in [3.05, 3.63) is 65.7 Å². The van der Waals surface area contributed by atoms with Crippen LogP contribution in [0.3, 0.4) is 0 Å². The van der Waals surface area contributed by atoms with Crippen LogP contribution in [-0.2, 0) is 4.79 Å². The normalized spacial score (nSPS) is 10.5. The third-order valence-corrected chi connectivity index (χ3v) is 3.33. The molecule has 0 atom stereocenters. The Hall–Kier alpha value is -3.08. The summed E-state index contributed by atoms with van der Waals surface area (Å²) in [6.07, 6.45) is 3.16. The van der Waals surface area contributed by atoms with Gasteiger partial charge in [0.1, 0.15) is 5.75 Å². The maximum Gasteiger partial charge on any atom is 0.253 e. The minimum absolute atomic E-state index is 0.111. The Balaban J connectivity index is 2.02. The van der Waals surface area contributed by atoms with Crippen molar-refractivity contribution in [2.45, 2.75) is 0 Å². The van der Waals surface area contributed by atoms with Crippen molar-refractivity contribution < 1.29 is 14.3 Å². The van der Waals surface area contributed by atoms with Crippen molar-refractivity contribution >= 4 is 23.6 Å². The summed E-state index contributed by atoms with van der Waals surface area (Å²) in [6, 6.07) is 14.2. The quantitative estimate of drug-likeness (QED) is 0.860. The van der Waals surface area contributed by atoms with Crippen LogP contribution in [0, 0.1) is 0 Å². The van der Waals surface area contributed by atoms with Gasteiger partial charge in [0.25, 0.3) is 5.91 Å². The van der Waals surface area contributed by atoms with Gasteiger partial charge < -0.3 is 15.0 Å². The Morgan fingerprint density at radius 1 is 1.08 bits per heavy atom. The Morgan fingerprint density at radius 2 is 1.79 bits per heavy atom. The highest BCUT2D eigenvalue weighted by atomic mass is 16.5. The molecule has 2 amide bonds. The highest BCUT2D eigenvalue weighted by molar-refractivity contribution is 6.03. The zero-order valence-electron chi connectivity index (χ0n) is 13.9. The number of amides is 2. The van der Waals surface area contributed by atoms with Crippen LogP contribution < -0.4 is 10.1 Å². The molecule has 5 heteroatoms. The van der Waals surface area contributed by atoms with Crippen LogP contribution in [0.5, 0.6) is 5.75 Å². The molecule has 0 saturated heterocycles. The molecule has 24 heavy (non-hydrogen) atoms. The molecule has 0 saturated carbocycles. The van der Waals surface area contributed by atoms with E-state index in [9.17, 15) is 9.59 Å². The first kappa shape index (κ1) is 17.3. The second-order valence-electron chi connectivity index (χ2n) is 5.38. The number of nitrogens with one attached hydrogen (secondary N) is 1. The van der Waals surface area contributed by atoms with Crippen molar-refractivity contribution in [1.82, 2.24) is 4.90 Å². The Bertz CT molecular complexity index is 749. The van der Waals surface area contributed by atoms with Gasteiger partial charge in [-0.15, -0.1) is 0 Å². The molecule has 1 N–H and O–H groups in total. The van der Waals surface area contributed by atoms with Gasteiger partial charge in [0.2, 0.25) is 5.91 Å². The molecule has 0 aliphatic carbocycles. The second-order valence-corrected chi connectivity index (χ2v) is 5.38. The lowest BCUT2D eigenvalue weighted by atomic mass is 10.1. The number of methoxy groups -OCH3 is 1. The summed E-state index contributed by atoms with van der Waals surface area (Å²) in [6.45, 7) is 0. The van der Waals surface area contributed by atoms with Gasteiger partial charge in [-0.1, -0.05) is 18.2 Å². The van der Waals surface area contributed by atoms with Crippen LogP contribution in [0.4, 0.5) is 5.69 Å². The first-order chi connectivity index (χ1) is 11.5. The third kappa shape index (κ3) is 4.71. The number of hydrogen-bond donors (Lipinski definition) is 1. The molecule has 0 bridgehead atoms. The average molecular weight is 324 g/mol. The molecule has 2 rings (SSSR count). The molecular formula is C19H20N2O3. The van der Waals surface area contributed by atoms with E-state index in [-0.39, 0.29) is 11.8 Å². The molecule has 124 valence electrons. The van der Waals surface area contributed by atoms with Crippen molar-refractivity contribution in [2.24, 2.45) is 0 Å². The smallest absolute Gasteiger partial charge is 0.253 e. The lowest BCUT2D eigenvalue weighted by Gasteiger charge is -2.11. The summed E-state index contributed by atoms with van der Waals surface area (Å²) in [7, 11) is 4.98. The van der Waals surface area contributed by atoms with Crippen LogP contribution in [0.2, 0.25) is 0 Å². The summed E-state index contributed by atoms with van der Waals surface area (Å²) in [5, 5.41) is 2.75. The highest BCUT2D eigenvalue weighted by Gasteiger charge is 2.08. The van der Waals surface area contributed by atoms with Crippen molar-refractivity contribution in [1.29, 1.82) is 0 Å². The topological polar surface area (TPSA) is 58.6 Å². The lowest BCUT2D eigenvalue weighted by Crippen LogP contribution is -2.21. The third-order valence-electron chi connectivity index (χ3n) is 3.33. The fourth-order valence-electron chi connectivity index (χ4n) is 2.06. The minimum Gasteiger partial charge on any atom is -0.497 e. The van der Waals surface area contributed by atoms with Gasteiger partial charge in [-0.3, -0.25) is 9.59 Å². The second kappa shape index (κ2) is 7.97. The fourth-order valence-corrected chi connectivity index (χ4v) is 2.06. The van der Waals surface area contributed by atoms with Crippen LogP contribution in [-0.4, -0.2) is 37.9 Å². The lowest BCUT2D eigenvalue weighted by molar-refractivity contribution is -0.111. The van der Waals surface area contributed by atoms with E-state index < -0.39 is 0 Å². The molecule has 0 fully saturated rings. The summed E-state index contributed by atoms with van der Waals surface area (Å²) in [5.41, 5.74) is 1.99. The Kier molecular flexibility index (Phi) is 5.73. The van der Waals surface area contributed by atoms with E-state index in [1.165, 1.54) is 11.0 Å². The molecule has 2 aromatic rings. The zero-order chi connectivity index (χ0) is 17.5. The molecule has 0 spiro atoms. The first-order valence-corrected chi connectivity index (χ1v) is 7.44. The molecule has 5 nitrogen and oxygen atoms in total. The SMILES string of the molecule is COc1ccc(/C=C/C(=O)Nc2cccc(C(=O)N(C)C)c2)cc1. The van der Waals surface area contributed by atoms with Gasteiger partial charge in [0.05, 0.1) is 7.11 Å². The molecule has 0 aliphatic heterocycles. The summed E-state index contributed by atoms with van der Waals surface area (Å²) < 4.78 is 5.09. The number of ether oxygens (including phenoxy) is 1. The highest BCUT2D eigenvalue weighted by Crippen LogP contribution is 2.14. The number of hydrogen-bond acceptors (Lipinski definition) is 3. The zero-order valence-corrected chi connectivity index (χ0v) is 13.9. The van der Waals surface area contributed by atoms with Gasteiger partial charge in [-0.25, -0.2) is 0 Å². The monoisotopic (exact) mass is 324 g/mol. The van der Waals surface area contributed by atoms with Crippen LogP contribution >= 0.6 is 0 Å². The van der Waals surface area contributed by atoms with Crippen LogP contribution in [0.15, 0.2) is 54.6 Å². The van der Waals surface area contributed by atoms with E-state index in [1.807, 2.05) is 24.3 Å². The van der Waals surface area contributed by atoms with Crippen molar-refractivity contribution in [3.63, 3.8) is 0 Å². The molecule has 0 aliphatic rings. The van der Waals surface area contributed by atoms with E-state index >= 15 is 0 Å². The summed E-state index contributed by atoms with van der Waals surface area (Å²) in [4.78, 5) is 25.4. The number of carbonyl (C=O) groups excluding carboxylic acids is 2. The fraction of sp³-hybridized carbons (Fsp3) is 0.158. The van der Waals surface area contributed by atoms with Crippen LogP contribution in [0.1, 0.15) is 15.9 Å². The number of carbonyl (C=O) groups is 2. The van der Waals surface area contributed by atoms with Gasteiger partial charge >= 0.3 is 0 Å². The number of anilines is 1. The number of nitrogens with zero attached hydrogens (tertiary/aromatic N) is 1. The Morgan fingerprint density at radius 3 is 2.42 bits per heavy atom. The average Bonchev–Trinajstić information content (AvgIpc) is 2.60. The maximum atomic E-state index is 12.0. The predicted molar refractivity (Wildman–Crippen MR) is 95.1 cm³/mol. The molecule has 0 heterocycles. The summed E-state index contributed by atoms with van der Waals surface area (Å²) in [5.74, 6) is 0.388. The number of benzene rings is 2. The van der Waals surface area contributed by atoms with Gasteiger partial charge in [0, 0.05) is 31.4 Å². The van der Waals surface area contributed by atoms with E-state index in [4.69, 9.17) is 4.74 Å². The first-order valence-electron chi connectivity index (χ1n) is 7.44. The van der Waals surface area contributed by atoms with Crippen molar-refractivity contribution in [2.75, 3.05) is 26.5 Å². The molecule has 0 aromatic heterocycles. The molecular weight excluding hydrogens is 304 g/mol. The van der Waals surface area contributed by atoms with E-state index in [0.29, 0.717) is 11.3 Å². The molecule has 0 radical (unpaired) electrons. The van der Waals surface area contributed by atoms with Crippen molar-refractivity contribution in [3.8, 4) is 5.75 Å². The largest absolute Gasteiger partial charge is 0.497 e. The van der Waals surface area contributed by atoms with Gasteiger partial charge in [0.15, 0.2) is 0 Å². The molecule has 0 unspecified atom stereocenters. The predicted octanol–water partition coefficient (Wildman–Crippen LogP) is 3.05. The number of rotatable bonds is 5. The standard InChI is InChI=1S/C19H20N2O3/c1-21(2)19(23)15-5-4-6-16(13-15)20-18(22)12-9-14-7-10-17(24-3)11-8-14/h4-13H,1-3H3,(H,20,22)/b12-9+. The maximum absolute atomic E-state index is 12.0. The van der Waals surface area contributed by atoms with E-state index in [0.717, 1.165) is 11.3 Å². The van der Waals surface area contributed by atoms with E-state index in [1.54, 1.807) is 51.5 Å². The Labute approximate surface area is 141 Å². The van der Waals surface area contributed by atoms with Gasteiger partial charge in [-0.05, 0) is 42.0 Å². The minimum atomic E-state index is -0.264. The molecule has 2 aromatic carbocycles.